The molecule has 0 bridgehead atoms. The number of nitrogen functional groups attached to an aromatic ring is 1. The molecule has 0 radical (unpaired) electrons. The third-order valence-electron chi connectivity index (χ3n) is 5.85. The summed E-state index contributed by atoms with van der Waals surface area (Å²) in [5.74, 6) is 0.778. The molecule has 5 N–H and O–H groups in total. The molecule has 146 valence electrons. The molecule has 27 heavy (non-hydrogen) atoms. The van der Waals surface area contributed by atoms with Gasteiger partial charge < -0.3 is 21.6 Å². The van der Waals surface area contributed by atoms with Gasteiger partial charge in [0.15, 0.2) is 0 Å². The lowest BCUT2D eigenvalue weighted by Crippen LogP contribution is -2.33. The van der Waals surface area contributed by atoms with Crippen LogP contribution in [-0.2, 0) is 36.5 Å². The van der Waals surface area contributed by atoms with E-state index in [-0.39, 0.29) is 11.5 Å². The first kappa shape index (κ1) is 19.4. The number of para-hydroxylation sites is 1. The van der Waals surface area contributed by atoms with Crippen LogP contribution in [0.5, 0.6) is 0 Å². The van der Waals surface area contributed by atoms with Gasteiger partial charge in [-0.25, -0.2) is 0 Å². The molecule has 4 rings (SSSR count). The predicted octanol–water partition coefficient (Wildman–Crippen LogP) is 2.34. The van der Waals surface area contributed by atoms with Gasteiger partial charge in [0.25, 0.3) is 0 Å². The minimum Gasteiger partial charge on any atom is -0.385 e. The van der Waals surface area contributed by atoms with E-state index in [2.05, 4.69) is 29.5 Å². The van der Waals surface area contributed by atoms with Crippen molar-refractivity contribution in [2.45, 2.75) is 57.4 Å². The highest BCUT2D eigenvalue weighted by Gasteiger charge is 2.32. The number of nitrogens with zero attached hydrogens (tertiary/aromatic N) is 2. The molecule has 0 spiro atoms. The standard InChI is InChI=1S/C13H17NO.C8H14N4/c1-3-10-5-4-6-11-12(10)14-8-7-13(11,2)9-15;1-12-8(10)6-4-5(9)2-3-7(6)11-12/h4-6,9,14H,3,7-8H2,1-2H3;5H,2-4,9-10H2,1H3. The fourth-order valence-electron chi connectivity index (χ4n) is 4.03. The number of fused-ring (bicyclic) bond motifs is 2. The Morgan fingerprint density at radius 2 is 2.22 bits per heavy atom. The first-order valence-electron chi connectivity index (χ1n) is 9.78. The van der Waals surface area contributed by atoms with E-state index in [1.165, 1.54) is 11.3 Å². The Balaban J connectivity index is 0.000000159. The van der Waals surface area contributed by atoms with Crippen molar-refractivity contribution in [3.8, 4) is 0 Å². The summed E-state index contributed by atoms with van der Waals surface area (Å²) in [6.45, 7) is 5.06. The van der Waals surface area contributed by atoms with Gasteiger partial charge in [-0.2, -0.15) is 5.10 Å². The van der Waals surface area contributed by atoms with E-state index in [0.717, 1.165) is 67.6 Å². The molecule has 1 aliphatic heterocycles. The second kappa shape index (κ2) is 7.72. The number of carbonyl (C=O) groups is 1. The predicted molar refractivity (Wildman–Crippen MR) is 110 cm³/mol. The Bertz CT molecular complexity index is 828. The summed E-state index contributed by atoms with van der Waals surface area (Å²) in [5, 5.41) is 7.73. The highest BCUT2D eigenvalue weighted by Crippen LogP contribution is 2.37. The Morgan fingerprint density at radius 1 is 1.44 bits per heavy atom. The molecule has 2 unspecified atom stereocenters. The number of benzene rings is 1. The number of aryl methyl sites for hydroxylation is 3. The highest BCUT2D eigenvalue weighted by atomic mass is 16.1. The Morgan fingerprint density at radius 3 is 2.93 bits per heavy atom. The van der Waals surface area contributed by atoms with Crippen LogP contribution in [0.3, 0.4) is 0 Å². The highest BCUT2D eigenvalue weighted by molar-refractivity contribution is 5.76. The van der Waals surface area contributed by atoms with Crippen molar-refractivity contribution >= 4 is 17.8 Å². The van der Waals surface area contributed by atoms with Crippen molar-refractivity contribution in [1.29, 1.82) is 0 Å². The summed E-state index contributed by atoms with van der Waals surface area (Å²) in [7, 11) is 1.87. The lowest BCUT2D eigenvalue weighted by molar-refractivity contribution is -0.112. The lowest BCUT2D eigenvalue weighted by Gasteiger charge is -2.33. The molecule has 6 heteroatoms. The van der Waals surface area contributed by atoms with Crippen LogP contribution in [0.1, 0.15) is 49.1 Å². The van der Waals surface area contributed by atoms with Crippen LogP contribution in [0.2, 0.25) is 0 Å². The van der Waals surface area contributed by atoms with Gasteiger partial charge >= 0.3 is 0 Å². The quantitative estimate of drug-likeness (QED) is 0.706. The maximum absolute atomic E-state index is 11.2. The zero-order valence-corrected chi connectivity index (χ0v) is 16.6. The van der Waals surface area contributed by atoms with Crippen LogP contribution in [0.4, 0.5) is 11.5 Å². The molecular weight excluding hydrogens is 338 g/mol. The first-order valence-corrected chi connectivity index (χ1v) is 9.78. The second-order valence-electron chi connectivity index (χ2n) is 7.84. The molecule has 1 aromatic carbocycles. The molecule has 6 nitrogen and oxygen atoms in total. The van der Waals surface area contributed by atoms with E-state index in [0.29, 0.717) is 0 Å². The molecule has 0 saturated carbocycles. The SMILES string of the molecule is CCc1cccc2c1NCCC2(C)C=O.Cn1nc2c(c1N)CC(N)CC2. The van der Waals surface area contributed by atoms with E-state index >= 15 is 0 Å². The Kier molecular flexibility index (Phi) is 5.56. The molecule has 2 aliphatic rings. The van der Waals surface area contributed by atoms with Gasteiger partial charge in [0, 0.05) is 30.9 Å². The lowest BCUT2D eigenvalue weighted by atomic mass is 9.77. The minimum atomic E-state index is -0.300. The van der Waals surface area contributed by atoms with Crippen molar-refractivity contribution in [2.75, 3.05) is 17.6 Å². The van der Waals surface area contributed by atoms with Crippen LogP contribution in [0.25, 0.3) is 0 Å². The van der Waals surface area contributed by atoms with Crippen molar-refractivity contribution in [2.24, 2.45) is 12.8 Å². The summed E-state index contributed by atoms with van der Waals surface area (Å²) in [4.78, 5) is 11.2. The molecular formula is C21H31N5O. The number of nitrogens with one attached hydrogen (secondary N) is 1. The smallest absolute Gasteiger partial charge is 0.130 e. The normalized spacial score (nSPS) is 23.3. The second-order valence-corrected chi connectivity index (χ2v) is 7.84. The van der Waals surface area contributed by atoms with Crippen LogP contribution in [0, 0.1) is 0 Å². The van der Waals surface area contributed by atoms with E-state index < -0.39 is 0 Å². The van der Waals surface area contributed by atoms with Crippen molar-refractivity contribution in [1.82, 2.24) is 9.78 Å². The molecule has 0 amide bonds. The number of rotatable bonds is 2. The van der Waals surface area contributed by atoms with Gasteiger partial charge in [0.05, 0.1) is 11.1 Å². The van der Waals surface area contributed by atoms with E-state index in [1.54, 1.807) is 4.68 Å². The van der Waals surface area contributed by atoms with Gasteiger partial charge in [-0.05, 0) is 50.2 Å². The minimum absolute atomic E-state index is 0.268. The molecule has 2 heterocycles. The molecule has 0 fully saturated rings. The summed E-state index contributed by atoms with van der Waals surface area (Å²) < 4.78 is 1.74. The topological polar surface area (TPSA) is 99.0 Å². The van der Waals surface area contributed by atoms with Crippen molar-refractivity contribution < 1.29 is 4.79 Å². The first-order chi connectivity index (χ1) is 12.9. The Hall–Kier alpha value is -2.34. The number of aldehydes is 1. The molecule has 2 atom stereocenters. The van der Waals surface area contributed by atoms with Crippen LogP contribution in [0.15, 0.2) is 18.2 Å². The summed E-state index contributed by atoms with van der Waals surface area (Å²) in [6, 6.07) is 6.51. The number of aromatic nitrogens is 2. The number of hydrogen-bond donors (Lipinski definition) is 3. The average Bonchev–Trinajstić information content (AvgIpc) is 2.96. The van der Waals surface area contributed by atoms with Crippen LogP contribution in [-0.4, -0.2) is 28.7 Å². The fraction of sp³-hybridized carbons (Fsp3) is 0.524. The molecule has 1 aromatic heterocycles. The van der Waals surface area contributed by atoms with Crippen molar-refractivity contribution in [3.05, 3.63) is 40.6 Å². The van der Waals surface area contributed by atoms with E-state index in [1.807, 2.05) is 20.0 Å². The van der Waals surface area contributed by atoms with Gasteiger partial charge in [-0.15, -0.1) is 0 Å². The van der Waals surface area contributed by atoms with Gasteiger partial charge in [0.1, 0.15) is 12.1 Å². The average molecular weight is 370 g/mol. The maximum Gasteiger partial charge on any atom is 0.130 e. The zero-order valence-electron chi connectivity index (χ0n) is 16.6. The Labute approximate surface area is 161 Å². The summed E-state index contributed by atoms with van der Waals surface area (Å²) in [5.41, 5.74) is 17.3. The van der Waals surface area contributed by atoms with Gasteiger partial charge in [0.2, 0.25) is 0 Å². The fourth-order valence-corrected chi connectivity index (χ4v) is 4.03. The number of nitrogens with two attached hydrogens (primary N) is 2. The molecule has 1 aliphatic carbocycles. The third-order valence-corrected chi connectivity index (χ3v) is 5.85. The monoisotopic (exact) mass is 369 g/mol. The van der Waals surface area contributed by atoms with Crippen molar-refractivity contribution in [3.63, 3.8) is 0 Å². The van der Waals surface area contributed by atoms with Crippen LogP contribution < -0.4 is 16.8 Å². The largest absolute Gasteiger partial charge is 0.385 e. The molecule has 2 aromatic rings. The number of anilines is 2. The molecule has 0 saturated heterocycles. The maximum atomic E-state index is 11.2. The number of carbonyl (C=O) groups excluding carboxylic acids is 1. The number of hydrogen-bond acceptors (Lipinski definition) is 5. The van der Waals surface area contributed by atoms with Gasteiger partial charge in [-0.3, -0.25) is 4.68 Å². The van der Waals surface area contributed by atoms with Crippen LogP contribution >= 0.6 is 0 Å². The van der Waals surface area contributed by atoms with Gasteiger partial charge in [-0.1, -0.05) is 25.1 Å². The summed E-state index contributed by atoms with van der Waals surface area (Å²) >= 11 is 0. The summed E-state index contributed by atoms with van der Waals surface area (Å²) in [6.07, 6.45) is 5.87. The van der Waals surface area contributed by atoms with E-state index in [9.17, 15) is 4.79 Å². The third kappa shape index (κ3) is 3.72. The zero-order chi connectivity index (χ0) is 19.6. The van der Waals surface area contributed by atoms with E-state index in [4.69, 9.17) is 11.5 Å².